The second kappa shape index (κ2) is 5.35. The molecule has 0 aliphatic rings. The molecule has 0 fully saturated rings. The van der Waals surface area contributed by atoms with E-state index in [0.717, 1.165) is 22.3 Å². The Morgan fingerprint density at radius 3 is 2.85 bits per heavy atom. The van der Waals surface area contributed by atoms with Gasteiger partial charge in [-0.1, -0.05) is 6.07 Å². The first-order valence-electron chi connectivity index (χ1n) is 11.1. The summed E-state index contributed by atoms with van der Waals surface area (Å²) in [5, 5.41) is 1.19. The van der Waals surface area contributed by atoms with E-state index in [4.69, 9.17) is 13.2 Å². The highest BCUT2D eigenvalue weighted by atomic mass is 32.1. The molecule has 4 aromatic heterocycles. The smallest absolute Gasteiger partial charge is 0.142 e. The lowest BCUT2D eigenvalue weighted by atomic mass is 10.0. The lowest BCUT2D eigenvalue weighted by Gasteiger charge is -2.06. The standard InChI is InChI=1S/C21H18N4S/c1-11-5-7-15(19-18(11)14-8-6-12(2)23-21(14)26-19)20-24-16-9-13(3)22-10-17(16)25(20)4/h5-10H,1-4H3/i1D3,2D3. The molecule has 0 spiro atoms. The normalized spacial score (nSPS) is 16.2. The van der Waals surface area contributed by atoms with Crippen LogP contribution in [-0.4, -0.2) is 19.5 Å². The number of pyridine rings is 2. The van der Waals surface area contributed by atoms with Crippen LogP contribution in [0.4, 0.5) is 0 Å². The predicted octanol–water partition coefficient (Wildman–Crippen LogP) is 5.32. The maximum atomic E-state index is 8.04. The molecule has 0 unspecified atom stereocenters. The summed E-state index contributed by atoms with van der Waals surface area (Å²) in [7, 11) is 1.89. The molecule has 0 bridgehead atoms. The van der Waals surface area contributed by atoms with Crippen molar-refractivity contribution >= 4 is 42.7 Å². The van der Waals surface area contributed by atoms with Gasteiger partial charge in [-0.3, -0.25) is 4.98 Å². The predicted molar refractivity (Wildman–Crippen MR) is 109 cm³/mol. The van der Waals surface area contributed by atoms with Crippen LogP contribution in [0.25, 0.3) is 42.7 Å². The van der Waals surface area contributed by atoms with E-state index < -0.39 is 13.7 Å². The first-order chi connectivity index (χ1) is 14.9. The summed E-state index contributed by atoms with van der Waals surface area (Å²) in [6.07, 6.45) is 1.77. The average molecular weight is 365 g/mol. The van der Waals surface area contributed by atoms with Gasteiger partial charge in [-0.05, 0) is 50.5 Å². The summed E-state index contributed by atoms with van der Waals surface area (Å²) in [4.78, 5) is 14.0. The van der Waals surface area contributed by atoms with Gasteiger partial charge >= 0.3 is 0 Å². The number of imidazole rings is 1. The van der Waals surface area contributed by atoms with Crippen molar-refractivity contribution < 1.29 is 8.22 Å². The first-order valence-corrected chi connectivity index (χ1v) is 8.93. The number of hydrogen-bond acceptors (Lipinski definition) is 4. The molecule has 0 amide bonds. The van der Waals surface area contributed by atoms with Crippen molar-refractivity contribution in [1.82, 2.24) is 19.5 Å². The number of benzene rings is 1. The maximum absolute atomic E-state index is 8.04. The monoisotopic (exact) mass is 364 g/mol. The Hall–Kier alpha value is -2.79. The van der Waals surface area contributed by atoms with Gasteiger partial charge in [-0.2, -0.15) is 0 Å². The second-order valence-corrected chi connectivity index (χ2v) is 7.32. The molecule has 0 aliphatic carbocycles. The molecule has 0 saturated heterocycles. The van der Waals surface area contributed by atoms with Gasteiger partial charge < -0.3 is 4.57 Å². The Morgan fingerprint density at radius 2 is 2.00 bits per heavy atom. The molecule has 26 heavy (non-hydrogen) atoms. The molecule has 0 radical (unpaired) electrons. The van der Waals surface area contributed by atoms with Gasteiger partial charge in [0.25, 0.3) is 0 Å². The number of nitrogens with zero attached hydrogens (tertiary/aromatic N) is 4. The molecule has 4 heterocycles. The Balaban J connectivity index is 1.88. The topological polar surface area (TPSA) is 43.6 Å². The number of aromatic nitrogens is 4. The number of hydrogen-bond donors (Lipinski definition) is 0. The summed E-state index contributed by atoms with van der Waals surface area (Å²) in [6.45, 7) is -2.78. The lowest BCUT2D eigenvalue weighted by Crippen LogP contribution is -1.93. The van der Waals surface area contributed by atoms with Gasteiger partial charge in [0, 0.05) is 47.7 Å². The van der Waals surface area contributed by atoms with E-state index in [-0.39, 0.29) is 11.3 Å². The van der Waals surface area contributed by atoms with Crippen molar-refractivity contribution in [2.24, 2.45) is 7.05 Å². The van der Waals surface area contributed by atoms with Crippen LogP contribution in [-0.2, 0) is 7.05 Å². The quantitative estimate of drug-likeness (QED) is 0.404. The third-order valence-corrected chi connectivity index (χ3v) is 5.76. The molecule has 0 aliphatic heterocycles. The molecule has 0 N–H and O–H groups in total. The maximum Gasteiger partial charge on any atom is 0.142 e. The minimum absolute atomic E-state index is 0.0159. The lowest BCUT2D eigenvalue weighted by molar-refractivity contribution is 0.957. The van der Waals surface area contributed by atoms with Crippen LogP contribution >= 0.6 is 11.3 Å². The second-order valence-electron chi connectivity index (χ2n) is 6.32. The van der Waals surface area contributed by atoms with Crippen molar-refractivity contribution in [3.63, 3.8) is 0 Å². The Morgan fingerprint density at radius 1 is 1.08 bits per heavy atom. The number of thiophene rings is 1. The van der Waals surface area contributed by atoms with Gasteiger partial charge in [0.1, 0.15) is 10.7 Å². The molecular formula is C21H18N4S. The Bertz CT molecular complexity index is 1530. The van der Waals surface area contributed by atoms with E-state index in [0.29, 0.717) is 26.1 Å². The molecular weight excluding hydrogens is 340 g/mol. The highest BCUT2D eigenvalue weighted by molar-refractivity contribution is 7.26. The zero-order chi connectivity index (χ0) is 23.0. The van der Waals surface area contributed by atoms with Crippen molar-refractivity contribution in [3.8, 4) is 11.4 Å². The molecule has 5 aromatic rings. The van der Waals surface area contributed by atoms with E-state index >= 15 is 0 Å². The van der Waals surface area contributed by atoms with Gasteiger partial charge in [0.15, 0.2) is 0 Å². The van der Waals surface area contributed by atoms with Gasteiger partial charge in [-0.25, -0.2) is 9.97 Å². The highest BCUT2D eigenvalue weighted by Crippen LogP contribution is 2.41. The third-order valence-electron chi connectivity index (χ3n) is 4.63. The largest absolute Gasteiger partial charge is 0.326 e. The fourth-order valence-electron chi connectivity index (χ4n) is 3.37. The average Bonchev–Trinajstić information content (AvgIpc) is 3.23. The fraction of sp³-hybridized carbons (Fsp3) is 0.190. The molecule has 0 atom stereocenters. The van der Waals surface area contributed by atoms with Crippen LogP contribution in [0.5, 0.6) is 0 Å². The Labute approximate surface area is 163 Å². The van der Waals surface area contributed by atoms with Gasteiger partial charge in [0.05, 0.1) is 17.2 Å². The molecule has 0 saturated carbocycles. The van der Waals surface area contributed by atoms with E-state index in [2.05, 4.69) is 9.97 Å². The van der Waals surface area contributed by atoms with Crippen molar-refractivity contribution in [2.75, 3.05) is 0 Å². The molecule has 128 valence electrons. The van der Waals surface area contributed by atoms with Crippen LogP contribution in [0.2, 0.25) is 0 Å². The number of rotatable bonds is 1. The van der Waals surface area contributed by atoms with Crippen LogP contribution in [0.3, 0.4) is 0 Å². The van der Waals surface area contributed by atoms with Crippen LogP contribution < -0.4 is 0 Å². The summed E-state index contributed by atoms with van der Waals surface area (Å²) < 4.78 is 49.8. The summed E-state index contributed by atoms with van der Waals surface area (Å²) in [5.41, 5.74) is 3.48. The molecule has 5 rings (SSSR count). The van der Waals surface area contributed by atoms with Crippen molar-refractivity contribution in [3.05, 3.63) is 53.5 Å². The minimum atomic E-state index is -2.34. The van der Waals surface area contributed by atoms with Crippen LogP contribution in [0, 0.1) is 20.6 Å². The zero-order valence-electron chi connectivity index (χ0n) is 20.2. The van der Waals surface area contributed by atoms with Crippen molar-refractivity contribution in [2.45, 2.75) is 20.6 Å². The summed E-state index contributed by atoms with van der Waals surface area (Å²) in [6, 6.07) is 8.38. The van der Waals surface area contributed by atoms with Gasteiger partial charge in [-0.15, -0.1) is 11.3 Å². The van der Waals surface area contributed by atoms with Crippen LogP contribution in [0.1, 0.15) is 25.2 Å². The third kappa shape index (κ3) is 2.10. The summed E-state index contributed by atoms with van der Waals surface area (Å²) in [5.74, 6) is 0.678. The SMILES string of the molecule is [2H]C([2H])([2H])c1ccc2c(n1)sc1c(-c3nc4cc(C)ncc4n3C)ccc(C([2H])([2H])[2H])c12. The molecule has 4 nitrogen and oxygen atoms in total. The van der Waals surface area contributed by atoms with Crippen molar-refractivity contribution in [1.29, 1.82) is 0 Å². The highest BCUT2D eigenvalue weighted by Gasteiger charge is 2.17. The Kier molecular flexibility index (Phi) is 2.14. The van der Waals surface area contributed by atoms with E-state index in [1.807, 2.05) is 24.6 Å². The van der Waals surface area contributed by atoms with Crippen LogP contribution in [0.15, 0.2) is 36.5 Å². The van der Waals surface area contributed by atoms with E-state index in [9.17, 15) is 0 Å². The summed E-state index contributed by atoms with van der Waals surface area (Å²) >= 11 is 1.29. The van der Waals surface area contributed by atoms with Gasteiger partial charge in [0.2, 0.25) is 0 Å². The zero-order valence-corrected chi connectivity index (χ0v) is 15.0. The first kappa shape index (κ1) is 10.4. The number of fused-ring (bicyclic) bond motifs is 4. The molecule has 1 aromatic carbocycles. The minimum Gasteiger partial charge on any atom is -0.326 e. The van der Waals surface area contributed by atoms with E-state index in [1.54, 1.807) is 24.4 Å². The number of aryl methyl sites for hydroxylation is 4. The van der Waals surface area contributed by atoms with E-state index in [1.165, 1.54) is 17.4 Å². The molecule has 5 heteroatoms. The fourth-order valence-corrected chi connectivity index (χ4v) is 4.58.